The zero-order valence-corrected chi connectivity index (χ0v) is 21.2. The lowest BCUT2D eigenvalue weighted by Gasteiger charge is -2.17. The summed E-state index contributed by atoms with van der Waals surface area (Å²) in [4.78, 5) is 16.9. The summed E-state index contributed by atoms with van der Waals surface area (Å²) in [6.07, 6.45) is -3.05. The van der Waals surface area contributed by atoms with Crippen LogP contribution < -0.4 is 10.1 Å². The predicted octanol–water partition coefficient (Wildman–Crippen LogP) is 4.13. The number of halogens is 4. The highest BCUT2D eigenvalue weighted by molar-refractivity contribution is 7.91. The minimum atomic E-state index is -5.00. The number of alkyl halides is 3. The number of pyridine rings is 1. The molecule has 0 aliphatic rings. The van der Waals surface area contributed by atoms with Gasteiger partial charge in [-0.05, 0) is 37.6 Å². The highest BCUT2D eigenvalue weighted by Crippen LogP contribution is 2.36. The second kappa shape index (κ2) is 9.66. The topological polar surface area (TPSA) is 152 Å². The lowest BCUT2D eigenvalue weighted by atomic mass is 10.1. The first-order valence-electron chi connectivity index (χ1n) is 10.0. The molecule has 0 bridgehead atoms. The van der Waals surface area contributed by atoms with Gasteiger partial charge in [-0.2, -0.15) is 13.2 Å². The van der Waals surface area contributed by atoms with E-state index < -0.39 is 70.9 Å². The van der Waals surface area contributed by atoms with E-state index in [0.717, 1.165) is 19.4 Å². The van der Waals surface area contributed by atoms with Crippen LogP contribution in [0.15, 0.2) is 40.3 Å². The summed E-state index contributed by atoms with van der Waals surface area (Å²) in [6.45, 7) is 2.12. The average molecular weight is 562 g/mol. The van der Waals surface area contributed by atoms with Gasteiger partial charge in [0.1, 0.15) is 5.56 Å². The van der Waals surface area contributed by atoms with Gasteiger partial charge in [-0.15, -0.1) is 10.2 Å². The molecule has 1 aromatic carbocycles. The van der Waals surface area contributed by atoms with E-state index in [9.17, 15) is 35.0 Å². The molecule has 3 aromatic rings. The lowest BCUT2D eigenvalue weighted by molar-refractivity contribution is -0.142. The first kappa shape index (κ1) is 27.9. The van der Waals surface area contributed by atoms with Crippen LogP contribution in [0.2, 0.25) is 0 Å². The Kier molecular flexibility index (Phi) is 7.29. The van der Waals surface area contributed by atoms with Gasteiger partial charge in [0.2, 0.25) is 0 Å². The Morgan fingerprint density at radius 3 is 2.27 bits per heavy atom. The molecule has 0 saturated heterocycles. The summed E-state index contributed by atoms with van der Waals surface area (Å²) in [6, 6.07) is 5.86. The number of amides is 1. The van der Waals surface area contributed by atoms with Crippen LogP contribution in [0.5, 0.6) is 11.6 Å². The second-order valence-electron chi connectivity index (χ2n) is 7.91. The molecule has 0 radical (unpaired) electrons. The molecule has 1 amide bonds. The third-order valence-electron chi connectivity index (χ3n) is 4.87. The molecule has 1 unspecified atom stereocenters. The number of ether oxygens (including phenoxy) is 1. The van der Waals surface area contributed by atoms with Gasteiger partial charge >= 0.3 is 6.18 Å². The first-order chi connectivity index (χ1) is 16.9. The van der Waals surface area contributed by atoms with E-state index in [2.05, 4.69) is 20.5 Å². The maximum absolute atomic E-state index is 14.7. The number of anilines is 1. The number of benzene rings is 1. The number of rotatable bonds is 6. The molecule has 10 nitrogen and oxygen atoms in total. The van der Waals surface area contributed by atoms with Crippen LogP contribution in [0.1, 0.15) is 27.3 Å². The maximum atomic E-state index is 14.7. The molecule has 37 heavy (non-hydrogen) atoms. The molecule has 0 fully saturated rings. The van der Waals surface area contributed by atoms with E-state index in [1.807, 2.05) is 0 Å². The van der Waals surface area contributed by atoms with Crippen LogP contribution in [0.3, 0.4) is 0 Å². The van der Waals surface area contributed by atoms with Crippen LogP contribution in [0.4, 0.5) is 23.2 Å². The molecule has 2 aromatic heterocycles. The van der Waals surface area contributed by atoms with Crippen molar-refractivity contribution in [3.05, 3.63) is 58.7 Å². The molecule has 0 aliphatic carbocycles. The van der Waals surface area contributed by atoms with Crippen LogP contribution in [-0.2, 0) is 25.7 Å². The molecule has 0 spiro atoms. The quantitative estimate of drug-likeness (QED) is 0.426. The lowest BCUT2D eigenvalue weighted by Crippen LogP contribution is -2.21. The molecular weight excluding hydrogens is 542 g/mol. The van der Waals surface area contributed by atoms with E-state index in [1.54, 1.807) is 0 Å². The smallest absolute Gasteiger partial charge is 0.432 e. The van der Waals surface area contributed by atoms with Gasteiger partial charge in [0.25, 0.3) is 11.8 Å². The summed E-state index contributed by atoms with van der Waals surface area (Å²) < 4.78 is 104. The zero-order valence-electron chi connectivity index (χ0n) is 19.6. The molecule has 2 heterocycles. The molecule has 0 aliphatic heterocycles. The van der Waals surface area contributed by atoms with Crippen molar-refractivity contribution in [2.75, 3.05) is 17.8 Å². The number of sulfone groups is 1. The standard InChI is InChI=1S/C21H19F4N5O5S2/c1-10-16(19(31)28-12-6-5-7-13(8-12)36(3,26)32)20(30-29-18(10)21(23,24)25)35-17-11(2)27-15(9-14(17)22)37(4,33)34/h5-9,26H,1-4H3,(H,28,31). The van der Waals surface area contributed by atoms with Crippen molar-refractivity contribution in [1.29, 1.82) is 4.78 Å². The van der Waals surface area contributed by atoms with Crippen molar-refractivity contribution >= 4 is 31.2 Å². The normalized spacial score (nSPS) is 13.6. The number of hydrogen-bond donors (Lipinski definition) is 2. The number of hydrogen-bond acceptors (Lipinski definition) is 9. The summed E-state index contributed by atoms with van der Waals surface area (Å²) in [5.74, 6) is -3.87. The molecule has 2 N–H and O–H groups in total. The minimum absolute atomic E-state index is 0.00146. The predicted molar refractivity (Wildman–Crippen MR) is 123 cm³/mol. The van der Waals surface area contributed by atoms with E-state index >= 15 is 0 Å². The summed E-state index contributed by atoms with van der Waals surface area (Å²) in [5, 5.41) is 8.13. The average Bonchev–Trinajstić information content (AvgIpc) is 2.74. The van der Waals surface area contributed by atoms with E-state index in [-0.39, 0.29) is 16.3 Å². The van der Waals surface area contributed by atoms with E-state index in [0.29, 0.717) is 6.07 Å². The van der Waals surface area contributed by atoms with Crippen molar-refractivity contribution in [2.45, 2.75) is 29.9 Å². The van der Waals surface area contributed by atoms with Crippen LogP contribution in [-0.4, -0.2) is 46.2 Å². The molecular formula is C21H19F4N5O5S2. The SMILES string of the molecule is Cc1nc(S(C)(=O)=O)cc(F)c1Oc1nnc(C(F)(F)F)c(C)c1C(=O)Nc1cccc(S(C)(=N)=O)c1. The van der Waals surface area contributed by atoms with Gasteiger partial charge in [-0.1, -0.05) is 6.07 Å². The third kappa shape index (κ3) is 6.19. The first-order valence-corrected chi connectivity index (χ1v) is 13.9. The number of nitrogens with zero attached hydrogens (tertiary/aromatic N) is 3. The Morgan fingerprint density at radius 1 is 1.08 bits per heavy atom. The monoisotopic (exact) mass is 561 g/mol. The fraction of sp³-hybridized carbons (Fsp3) is 0.238. The minimum Gasteiger partial charge on any atom is -0.432 e. The van der Waals surface area contributed by atoms with Gasteiger partial charge in [-0.25, -0.2) is 26.8 Å². The molecule has 198 valence electrons. The van der Waals surface area contributed by atoms with Crippen LogP contribution >= 0.6 is 0 Å². The molecule has 0 saturated carbocycles. The number of carbonyl (C=O) groups excluding carboxylic acids is 1. The van der Waals surface area contributed by atoms with Crippen molar-refractivity contribution in [3.63, 3.8) is 0 Å². The number of nitrogens with one attached hydrogen (secondary N) is 2. The van der Waals surface area contributed by atoms with Crippen LogP contribution in [0.25, 0.3) is 0 Å². The second-order valence-corrected chi connectivity index (χ2v) is 12.0. The zero-order chi connectivity index (χ0) is 27.9. The highest BCUT2D eigenvalue weighted by Gasteiger charge is 2.38. The molecule has 3 rings (SSSR count). The van der Waals surface area contributed by atoms with Crippen molar-refractivity contribution in [2.24, 2.45) is 0 Å². The van der Waals surface area contributed by atoms with Crippen LogP contribution in [0, 0.1) is 24.4 Å². The Bertz CT molecular complexity index is 1600. The number of aromatic nitrogens is 3. The molecule has 16 heteroatoms. The van der Waals surface area contributed by atoms with Gasteiger partial charge in [0, 0.05) is 29.2 Å². The van der Waals surface area contributed by atoms with Gasteiger partial charge in [0.15, 0.2) is 32.1 Å². The van der Waals surface area contributed by atoms with Gasteiger partial charge in [0.05, 0.1) is 15.4 Å². The van der Waals surface area contributed by atoms with Gasteiger partial charge in [-0.3, -0.25) is 4.79 Å². The Balaban J connectivity index is 2.13. The molecule has 1 atom stereocenters. The number of aryl methyl sites for hydroxylation is 1. The third-order valence-corrected chi connectivity index (χ3v) is 7.00. The Morgan fingerprint density at radius 2 is 1.73 bits per heavy atom. The largest absolute Gasteiger partial charge is 0.435 e. The summed E-state index contributed by atoms with van der Waals surface area (Å²) in [7, 11) is -7.07. The maximum Gasteiger partial charge on any atom is 0.435 e. The summed E-state index contributed by atoms with van der Waals surface area (Å²) >= 11 is 0. The number of carbonyl (C=O) groups is 1. The fourth-order valence-electron chi connectivity index (χ4n) is 3.12. The highest BCUT2D eigenvalue weighted by atomic mass is 32.2. The fourth-order valence-corrected chi connectivity index (χ4v) is 4.43. The van der Waals surface area contributed by atoms with Crippen molar-refractivity contribution in [3.8, 4) is 11.6 Å². The Hall–Kier alpha value is -3.66. The van der Waals surface area contributed by atoms with Crippen molar-refractivity contribution < 1.29 is 39.7 Å². The van der Waals surface area contributed by atoms with E-state index in [1.165, 1.54) is 31.2 Å². The van der Waals surface area contributed by atoms with E-state index in [4.69, 9.17) is 9.52 Å². The van der Waals surface area contributed by atoms with Crippen molar-refractivity contribution in [1.82, 2.24) is 15.2 Å². The van der Waals surface area contributed by atoms with Gasteiger partial charge < -0.3 is 10.1 Å². The summed E-state index contributed by atoms with van der Waals surface area (Å²) in [5.41, 5.74) is -3.22. The Labute approximate surface area is 209 Å².